The van der Waals surface area contributed by atoms with Gasteiger partial charge in [0, 0.05) is 21.8 Å². The Morgan fingerprint density at radius 3 is 2.81 bits per heavy atom. The lowest BCUT2D eigenvalue weighted by atomic mass is 9.98. The average molecular weight is 412 g/mol. The van der Waals surface area contributed by atoms with Crippen LogP contribution in [0.2, 0.25) is 0 Å². The summed E-state index contributed by atoms with van der Waals surface area (Å²) in [5.74, 6) is 0.948. The van der Waals surface area contributed by atoms with E-state index in [2.05, 4.69) is 37.9 Å². The van der Waals surface area contributed by atoms with Crippen molar-refractivity contribution in [2.24, 2.45) is 0 Å². The molecule has 1 atom stereocenters. The Kier molecular flexibility index (Phi) is 4.38. The molecule has 1 unspecified atom stereocenters. The molecule has 0 aliphatic carbocycles. The van der Waals surface area contributed by atoms with Gasteiger partial charge in [0.15, 0.2) is 0 Å². The van der Waals surface area contributed by atoms with E-state index < -0.39 is 6.10 Å². The summed E-state index contributed by atoms with van der Waals surface area (Å²) in [6, 6.07) is 10.1. The first-order chi connectivity index (χ1) is 10.0. The lowest BCUT2D eigenvalue weighted by Crippen LogP contribution is -2.04. The fourth-order valence-corrected chi connectivity index (χ4v) is 3.59. The number of halogens is 2. The van der Waals surface area contributed by atoms with Crippen molar-refractivity contribution in [3.05, 3.63) is 61.5 Å². The van der Waals surface area contributed by atoms with Gasteiger partial charge < -0.3 is 9.84 Å². The highest BCUT2D eigenvalue weighted by Crippen LogP contribution is 2.35. The lowest BCUT2D eigenvalue weighted by Gasteiger charge is -2.15. The van der Waals surface area contributed by atoms with Crippen LogP contribution < -0.4 is 4.74 Å². The van der Waals surface area contributed by atoms with Crippen LogP contribution in [-0.2, 0) is 12.8 Å². The predicted octanol–water partition coefficient (Wildman–Crippen LogP) is 4.73. The van der Waals surface area contributed by atoms with Crippen molar-refractivity contribution < 1.29 is 9.84 Å². The van der Waals surface area contributed by atoms with E-state index in [9.17, 15) is 5.11 Å². The lowest BCUT2D eigenvalue weighted by molar-refractivity contribution is 0.177. The number of benzene rings is 2. The quantitative estimate of drug-likeness (QED) is 0.790. The Morgan fingerprint density at radius 2 is 2.05 bits per heavy atom. The van der Waals surface area contributed by atoms with E-state index in [-0.39, 0.29) is 0 Å². The van der Waals surface area contributed by atoms with Crippen LogP contribution in [0, 0.1) is 6.92 Å². The van der Waals surface area contributed by atoms with Gasteiger partial charge in [0.25, 0.3) is 0 Å². The van der Waals surface area contributed by atoms with Crippen LogP contribution in [0.1, 0.15) is 28.4 Å². The zero-order valence-corrected chi connectivity index (χ0v) is 14.9. The maximum atomic E-state index is 10.5. The Morgan fingerprint density at radius 1 is 1.24 bits per heavy atom. The maximum Gasteiger partial charge on any atom is 0.125 e. The minimum Gasteiger partial charge on any atom is -0.493 e. The second-order valence-corrected chi connectivity index (χ2v) is 7.15. The van der Waals surface area contributed by atoms with Gasteiger partial charge >= 0.3 is 0 Å². The van der Waals surface area contributed by atoms with Crippen LogP contribution in [0.15, 0.2) is 39.3 Å². The molecule has 0 radical (unpaired) electrons. The maximum absolute atomic E-state index is 10.5. The second-order valence-electron chi connectivity index (χ2n) is 5.38. The summed E-state index contributed by atoms with van der Waals surface area (Å²) in [5.41, 5.74) is 4.36. The monoisotopic (exact) mass is 410 g/mol. The number of aliphatic hydroxyl groups is 1. The van der Waals surface area contributed by atoms with Crippen LogP contribution >= 0.6 is 31.9 Å². The van der Waals surface area contributed by atoms with Crippen molar-refractivity contribution >= 4 is 31.9 Å². The molecule has 0 amide bonds. The highest BCUT2D eigenvalue weighted by atomic mass is 79.9. The first-order valence-corrected chi connectivity index (χ1v) is 8.51. The van der Waals surface area contributed by atoms with E-state index in [1.54, 1.807) is 0 Å². The normalized spacial score (nSPS) is 14.7. The molecule has 3 rings (SSSR count). The molecule has 2 nitrogen and oxygen atoms in total. The molecular formula is C17H16Br2O2. The summed E-state index contributed by atoms with van der Waals surface area (Å²) in [6.45, 7) is 2.76. The van der Waals surface area contributed by atoms with Crippen molar-refractivity contribution in [2.75, 3.05) is 6.61 Å². The van der Waals surface area contributed by atoms with Gasteiger partial charge in [-0.05, 0) is 47.4 Å². The first kappa shape index (κ1) is 15.1. The molecule has 0 aromatic heterocycles. The molecule has 0 fully saturated rings. The number of ether oxygens (including phenoxy) is 1. The predicted molar refractivity (Wildman–Crippen MR) is 90.9 cm³/mol. The molecular weight excluding hydrogens is 396 g/mol. The molecule has 1 aliphatic rings. The smallest absolute Gasteiger partial charge is 0.125 e. The molecule has 21 heavy (non-hydrogen) atoms. The van der Waals surface area contributed by atoms with Crippen molar-refractivity contribution in [3.63, 3.8) is 0 Å². The Balaban J connectivity index is 1.88. The molecule has 0 spiro atoms. The number of fused-ring (bicyclic) bond motifs is 1. The first-order valence-electron chi connectivity index (χ1n) is 6.93. The molecule has 2 aromatic carbocycles. The Labute approximate surface area is 141 Å². The Hall–Kier alpha value is -0.840. The van der Waals surface area contributed by atoms with Crippen molar-refractivity contribution in [2.45, 2.75) is 25.9 Å². The van der Waals surface area contributed by atoms with E-state index in [0.29, 0.717) is 6.42 Å². The topological polar surface area (TPSA) is 29.5 Å². The Bertz CT molecular complexity index is 683. The van der Waals surface area contributed by atoms with Crippen LogP contribution in [0.3, 0.4) is 0 Å². The summed E-state index contributed by atoms with van der Waals surface area (Å²) in [4.78, 5) is 0. The van der Waals surface area contributed by atoms with Gasteiger partial charge in [0.05, 0.1) is 12.7 Å². The minimum absolute atomic E-state index is 0.538. The second kappa shape index (κ2) is 6.11. The number of aryl methyl sites for hydroxylation is 1. The van der Waals surface area contributed by atoms with E-state index in [1.165, 1.54) is 5.56 Å². The molecule has 0 saturated heterocycles. The molecule has 0 bridgehead atoms. The molecule has 0 saturated carbocycles. The fourth-order valence-electron chi connectivity index (χ4n) is 2.64. The SMILES string of the molecule is Cc1ccc(C(O)Cc2cc(Br)cc3c2OCC3)cc1Br. The van der Waals surface area contributed by atoms with Gasteiger partial charge in [-0.2, -0.15) is 0 Å². The van der Waals surface area contributed by atoms with Crippen LogP contribution in [0.4, 0.5) is 0 Å². The molecule has 1 aliphatic heterocycles. The largest absolute Gasteiger partial charge is 0.493 e. The van der Waals surface area contributed by atoms with Gasteiger partial charge in [0.1, 0.15) is 5.75 Å². The molecule has 2 aromatic rings. The zero-order chi connectivity index (χ0) is 15.0. The van der Waals surface area contributed by atoms with Gasteiger partial charge in [-0.25, -0.2) is 0 Å². The number of hydrogen-bond donors (Lipinski definition) is 1. The van der Waals surface area contributed by atoms with E-state index in [1.807, 2.05) is 31.2 Å². The summed E-state index contributed by atoms with van der Waals surface area (Å²) >= 11 is 7.06. The molecule has 4 heteroatoms. The number of hydrogen-bond acceptors (Lipinski definition) is 2. The highest BCUT2D eigenvalue weighted by Gasteiger charge is 2.20. The summed E-state index contributed by atoms with van der Waals surface area (Å²) in [7, 11) is 0. The van der Waals surface area contributed by atoms with Crippen molar-refractivity contribution in [1.29, 1.82) is 0 Å². The fraction of sp³-hybridized carbons (Fsp3) is 0.294. The number of aliphatic hydroxyl groups excluding tert-OH is 1. The minimum atomic E-state index is -0.538. The average Bonchev–Trinajstić information content (AvgIpc) is 2.90. The van der Waals surface area contributed by atoms with E-state index >= 15 is 0 Å². The third kappa shape index (κ3) is 3.17. The number of rotatable bonds is 3. The zero-order valence-electron chi connectivity index (χ0n) is 11.7. The summed E-state index contributed by atoms with van der Waals surface area (Å²) in [5, 5.41) is 10.5. The highest BCUT2D eigenvalue weighted by molar-refractivity contribution is 9.10. The van der Waals surface area contributed by atoms with Gasteiger partial charge in [0.2, 0.25) is 0 Å². The van der Waals surface area contributed by atoms with Gasteiger partial charge in [-0.3, -0.25) is 0 Å². The summed E-state index contributed by atoms with van der Waals surface area (Å²) in [6.07, 6.45) is 0.954. The molecule has 110 valence electrons. The molecule has 1 heterocycles. The third-order valence-electron chi connectivity index (χ3n) is 3.82. The third-order valence-corrected chi connectivity index (χ3v) is 5.13. The van der Waals surface area contributed by atoms with Crippen molar-refractivity contribution in [1.82, 2.24) is 0 Å². The molecule has 1 N–H and O–H groups in total. The van der Waals surface area contributed by atoms with Crippen LogP contribution in [0.5, 0.6) is 5.75 Å². The summed E-state index contributed by atoms with van der Waals surface area (Å²) < 4.78 is 7.79. The van der Waals surface area contributed by atoms with Gasteiger partial charge in [-0.15, -0.1) is 0 Å². The van der Waals surface area contributed by atoms with Gasteiger partial charge in [-0.1, -0.05) is 44.0 Å². The van der Waals surface area contributed by atoms with E-state index in [0.717, 1.165) is 44.4 Å². The standard InChI is InChI=1S/C17H16Br2O2/c1-10-2-3-11(8-15(10)19)16(20)9-13-7-14(18)6-12-4-5-21-17(12)13/h2-3,6-8,16,20H,4-5,9H2,1H3. The van der Waals surface area contributed by atoms with Crippen molar-refractivity contribution in [3.8, 4) is 5.75 Å². The van der Waals surface area contributed by atoms with Crippen LogP contribution in [-0.4, -0.2) is 11.7 Å². The van der Waals surface area contributed by atoms with E-state index in [4.69, 9.17) is 4.74 Å². The van der Waals surface area contributed by atoms with Crippen LogP contribution in [0.25, 0.3) is 0 Å².